The summed E-state index contributed by atoms with van der Waals surface area (Å²) in [4.78, 5) is 0. The number of nitrogens with zero attached hydrogens (tertiary/aromatic N) is 1. The minimum Gasteiger partial charge on any atom is -0.476 e. The lowest BCUT2D eigenvalue weighted by Crippen LogP contribution is -2.12. The van der Waals surface area contributed by atoms with Crippen LogP contribution in [0.25, 0.3) is 0 Å². The maximum Gasteiger partial charge on any atom is 0.184 e. The third-order valence-corrected chi connectivity index (χ3v) is 2.95. The smallest absolute Gasteiger partial charge is 0.184 e. The van der Waals surface area contributed by atoms with Gasteiger partial charge in [-0.2, -0.15) is 5.26 Å². The molecule has 1 aliphatic rings. The topological polar surface area (TPSA) is 53.2 Å². The Morgan fingerprint density at radius 1 is 1.62 bits per heavy atom. The molecule has 0 radical (unpaired) electrons. The van der Waals surface area contributed by atoms with E-state index in [1.165, 1.54) is 0 Å². The molecule has 2 unspecified atom stereocenters. The zero-order chi connectivity index (χ0) is 11.5. The van der Waals surface area contributed by atoms with Crippen molar-refractivity contribution < 1.29 is 9.84 Å². The van der Waals surface area contributed by atoms with Crippen molar-refractivity contribution in [2.24, 2.45) is 0 Å². The van der Waals surface area contributed by atoms with E-state index in [0.29, 0.717) is 6.42 Å². The summed E-state index contributed by atoms with van der Waals surface area (Å²) in [5.74, 6) is 0.723. The lowest BCUT2D eigenvalue weighted by molar-refractivity contribution is 0.180. The molecule has 3 heteroatoms. The van der Waals surface area contributed by atoms with Crippen molar-refractivity contribution >= 4 is 0 Å². The Labute approximate surface area is 95.3 Å². The first-order valence-corrected chi connectivity index (χ1v) is 5.61. The molecule has 1 aliphatic carbocycles. The van der Waals surface area contributed by atoms with Gasteiger partial charge in [-0.15, -0.1) is 0 Å². The summed E-state index contributed by atoms with van der Waals surface area (Å²) < 4.78 is 5.53. The van der Waals surface area contributed by atoms with Gasteiger partial charge < -0.3 is 9.84 Å². The van der Waals surface area contributed by atoms with Gasteiger partial charge in [-0.1, -0.05) is 13.0 Å². The van der Waals surface area contributed by atoms with Gasteiger partial charge in [-0.25, -0.2) is 0 Å². The number of hydrogen-bond acceptors (Lipinski definition) is 3. The average Bonchev–Trinajstić information content (AvgIpc) is 2.68. The molecule has 0 bridgehead atoms. The summed E-state index contributed by atoms with van der Waals surface area (Å²) in [6.07, 6.45) is 1.63. The maximum absolute atomic E-state index is 9.65. The van der Waals surface area contributed by atoms with Crippen molar-refractivity contribution in [2.45, 2.75) is 38.4 Å². The molecule has 0 saturated heterocycles. The van der Waals surface area contributed by atoms with Gasteiger partial charge in [0.1, 0.15) is 11.8 Å². The Kier molecular flexibility index (Phi) is 3.12. The minimum absolute atomic E-state index is 0.331. The molecule has 2 rings (SSSR count). The van der Waals surface area contributed by atoms with Gasteiger partial charge in [0.25, 0.3) is 0 Å². The van der Waals surface area contributed by atoms with Crippen molar-refractivity contribution in [3.8, 4) is 11.8 Å². The van der Waals surface area contributed by atoms with E-state index in [1.54, 1.807) is 0 Å². The van der Waals surface area contributed by atoms with E-state index in [4.69, 9.17) is 10.00 Å². The quantitative estimate of drug-likeness (QED) is 0.845. The molecule has 2 atom stereocenters. The number of nitriles is 1. The Morgan fingerprint density at radius 3 is 3.12 bits per heavy atom. The normalized spacial score (nSPS) is 19.9. The predicted octanol–water partition coefficient (Wildman–Crippen LogP) is 2.35. The monoisotopic (exact) mass is 217 g/mol. The average molecular weight is 217 g/mol. The second kappa shape index (κ2) is 4.54. The van der Waals surface area contributed by atoms with Crippen LogP contribution in [-0.2, 0) is 6.42 Å². The summed E-state index contributed by atoms with van der Waals surface area (Å²) in [7, 11) is 0. The Bertz CT molecular complexity index is 422. The number of aliphatic hydroxyl groups excluding tert-OH is 1. The SMILES string of the molecule is CCC(C#N)Oc1ccc2c(c1)CCC2O. The van der Waals surface area contributed by atoms with E-state index in [1.807, 2.05) is 25.1 Å². The van der Waals surface area contributed by atoms with E-state index >= 15 is 0 Å². The number of fused-ring (bicyclic) bond motifs is 1. The first kappa shape index (κ1) is 11.0. The number of rotatable bonds is 3. The highest BCUT2D eigenvalue weighted by molar-refractivity contribution is 5.40. The highest BCUT2D eigenvalue weighted by Gasteiger charge is 2.20. The van der Waals surface area contributed by atoms with Gasteiger partial charge in [-0.05, 0) is 42.5 Å². The van der Waals surface area contributed by atoms with Crippen molar-refractivity contribution in [3.05, 3.63) is 29.3 Å². The van der Waals surface area contributed by atoms with Gasteiger partial charge in [0, 0.05) is 0 Å². The van der Waals surface area contributed by atoms with Crippen LogP contribution >= 0.6 is 0 Å². The van der Waals surface area contributed by atoms with Crippen molar-refractivity contribution in [1.29, 1.82) is 5.26 Å². The molecule has 84 valence electrons. The molecule has 0 saturated carbocycles. The third-order valence-electron chi connectivity index (χ3n) is 2.95. The Hall–Kier alpha value is -1.53. The lowest BCUT2D eigenvalue weighted by Gasteiger charge is -2.11. The van der Waals surface area contributed by atoms with Gasteiger partial charge in [0.2, 0.25) is 0 Å². The van der Waals surface area contributed by atoms with E-state index in [0.717, 1.165) is 29.7 Å². The summed E-state index contributed by atoms with van der Waals surface area (Å²) in [5.41, 5.74) is 2.13. The predicted molar refractivity (Wildman–Crippen MR) is 60.0 cm³/mol. The fraction of sp³-hybridized carbons (Fsp3) is 0.462. The van der Waals surface area contributed by atoms with Gasteiger partial charge in [0.05, 0.1) is 6.10 Å². The third kappa shape index (κ3) is 2.02. The zero-order valence-corrected chi connectivity index (χ0v) is 9.31. The molecule has 0 aliphatic heterocycles. The summed E-state index contributed by atoms with van der Waals surface area (Å²) >= 11 is 0. The number of ether oxygens (including phenoxy) is 1. The molecule has 3 nitrogen and oxygen atoms in total. The van der Waals surface area contributed by atoms with Gasteiger partial charge >= 0.3 is 0 Å². The first-order valence-electron chi connectivity index (χ1n) is 5.61. The van der Waals surface area contributed by atoms with Crippen LogP contribution in [0, 0.1) is 11.3 Å². The molecule has 16 heavy (non-hydrogen) atoms. The maximum atomic E-state index is 9.65. The van der Waals surface area contributed by atoms with Crippen LogP contribution in [0.2, 0.25) is 0 Å². The molecule has 0 amide bonds. The minimum atomic E-state index is -0.385. The highest BCUT2D eigenvalue weighted by atomic mass is 16.5. The van der Waals surface area contributed by atoms with Crippen LogP contribution in [0.1, 0.15) is 37.0 Å². The van der Waals surface area contributed by atoms with E-state index in [2.05, 4.69) is 6.07 Å². The number of aryl methyl sites for hydroxylation is 1. The van der Waals surface area contributed by atoms with Crippen LogP contribution < -0.4 is 4.74 Å². The van der Waals surface area contributed by atoms with Crippen molar-refractivity contribution in [1.82, 2.24) is 0 Å². The van der Waals surface area contributed by atoms with Crippen LogP contribution in [0.5, 0.6) is 5.75 Å². The van der Waals surface area contributed by atoms with Crippen molar-refractivity contribution in [3.63, 3.8) is 0 Å². The summed E-state index contributed by atoms with van der Waals surface area (Å²) in [5, 5.41) is 18.5. The van der Waals surface area contributed by atoms with Crippen LogP contribution in [0.4, 0.5) is 0 Å². The van der Waals surface area contributed by atoms with Crippen molar-refractivity contribution in [2.75, 3.05) is 0 Å². The molecular formula is C13H15NO2. The Morgan fingerprint density at radius 2 is 2.44 bits per heavy atom. The first-order chi connectivity index (χ1) is 7.74. The lowest BCUT2D eigenvalue weighted by atomic mass is 10.1. The molecule has 1 aromatic rings. The Balaban J connectivity index is 2.17. The number of aliphatic hydroxyl groups is 1. The molecule has 0 spiro atoms. The molecule has 0 aromatic heterocycles. The molecule has 1 N–H and O–H groups in total. The fourth-order valence-corrected chi connectivity index (χ4v) is 2.01. The van der Waals surface area contributed by atoms with Crippen LogP contribution in [-0.4, -0.2) is 11.2 Å². The number of hydrogen-bond donors (Lipinski definition) is 1. The second-order valence-electron chi connectivity index (χ2n) is 4.06. The van der Waals surface area contributed by atoms with Crippen LogP contribution in [0.15, 0.2) is 18.2 Å². The zero-order valence-electron chi connectivity index (χ0n) is 9.31. The standard InChI is InChI=1S/C13H15NO2/c1-2-10(8-14)16-11-4-5-12-9(7-11)3-6-13(12)15/h4-5,7,10,13,15H,2-3,6H2,1H3. The fourth-order valence-electron chi connectivity index (χ4n) is 2.01. The van der Waals surface area contributed by atoms with Gasteiger partial charge in [0.15, 0.2) is 6.10 Å². The van der Waals surface area contributed by atoms with Gasteiger partial charge in [-0.3, -0.25) is 0 Å². The number of benzene rings is 1. The molecule has 0 fully saturated rings. The van der Waals surface area contributed by atoms with E-state index in [9.17, 15) is 5.11 Å². The van der Waals surface area contributed by atoms with E-state index in [-0.39, 0.29) is 12.2 Å². The highest BCUT2D eigenvalue weighted by Crippen LogP contribution is 2.33. The second-order valence-corrected chi connectivity index (χ2v) is 4.06. The molecular weight excluding hydrogens is 202 g/mol. The summed E-state index contributed by atoms with van der Waals surface area (Å²) in [6.45, 7) is 1.92. The largest absolute Gasteiger partial charge is 0.476 e. The molecule has 0 heterocycles. The van der Waals surface area contributed by atoms with Crippen LogP contribution in [0.3, 0.4) is 0 Å². The summed E-state index contributed by atoms with van der Waals surface area (Å²) in [6, 6.07) is 7.76. The van der Waals surface area contributed by atoms with E-state index < -0.39 is 0 Å². The molecule has 1 aromatic carbocycles.